The highest BCUT2D eigenvalue weighted by Crippen LogP contribution is 2.35. The molecule has 1 aliphatic rings. The molecule has 2 atom stereocenters. The zero-order chi connectivity index (χ0) is 14.1. The van der Waals surface area contributed by atoms with Gasteiger partial charge in [-0.2, -0.15) is 0 Å². The molecule has 0 aliphatic heterocycles. The summed E-state index contributed by atoms with van der Waals surface area (Å²) in [7, 11) is 0. The van der Waals surface area contributed by atoms with E-state index in [1.54, 1.807) is 0 Å². The molecule has 0 bridgehead atoms. The van der Waals surface area contributed by atoms with E-state index in [-0.39, 0.29) is 0 Å². The number of aryl methyl sites for hydroxylation is 1. The summed E-state index contributed by atoms with van der Waals surface area (Å²) >= 11 is 0. The number of nitrogens with two attached hydrogens (primary N) is 1. The number of nitrogen functional groups attached to an aromatic ring is 1. The van der Waals surface area contributed by atoms with Crippen molar-refractivity contribution in [2.45, 2.75) is 45.6 Å². The Labute approximate surface area is 119 Å². The Morgan fingerprint density at radius 2 is 2.05 bits per heavy atom. The highest BCUT2D eigenvalue weighted by atomic mass is 15.5. The first-order valence-corrected chi connectivity index (χ1v) is 7.31. The Bertz CT molecular complexity index is 604. The lowest BCUT2D eigenvalue weighted by Gasteiger charge is -2.29. The van der Waals surface area contributed by atoms with Crippen molar-refractivity contribution >= 4 is 5.69 Å². The Morgan fingerprint density at radius 3 is 2.80 bits per heavy atom. The first-order chi connectivity index (χ1) is 9.66. The minimum absolute atomic E-state index is 0.409. The molecule has 2 unspecified atom stereocenters. The van der Waals surface area contributed by atoms with Crippen molar-refractivity contribution in [1.29, 1.82) is 0 Å². The molecule has 1 aromatic carbocycles. The second-order valence-corrected chi connectivity index (χ2v) is 5.85. The minimum Gasteiger partial charge on any atom is -0.399 e. The van der Waals surface area contributed by atoms with Crippen LogP contribution < -0.4 is 5.73 Å². The van der Waals surface area contributed by atoms with Crippen molar-refractivity contribution in [2.75, 3.05) is 5.73 Å². The first-order valence-electron chi connectivity index (χ1n) is 7.31. The molecule has 1 saturated carbocycles. The fraction of sp³-hybridized carbons (Fsp3) is 0.533. The van der Waals surface area contributed by atoms with Crippen molar-refractivity contribution in [3.05, 3.63) is 23.8 Å². The summed E-state index contributed by atoms with van der Waals surface area (Å²) in [5.74, 6) is 1.48. The number of anilines is 1. The maximum atomic E-state index is 5.89. The molecule has 2 N–H and O–H groups in total. The van der Waals surface area contributed by atoms with Gasteiger partial charge in [0.05, 0.1) is 6.04 Å². The van der Waals surface area contributed by atoms with Crippen molar-refractivity contribution in [3.63, 3.8) is 0 Å². The van der Waals surface area contributed by atoms with Gasteiger partial charge in [-0.25, -0.2) is 4.68 Å². The third kappa shape index (κ3) is 2.28. The van der Waals surface area contributed by atoms with E-state index in [9.17, 15) is 0 Å². The lowest BCUT2D eigenvalue weighted by molar-refractivity contribution is 0.239. The molecule has 2 aromatic rings. The van der Waals surface area contributed by atoms with Crippen molar-refractivity contribution in [2.24, 2.45) is 5.92 Å². The van der Waals surface area contributed by atoms with Crippen LogP contribution in [0.25, 0.3) is 11.4 Å². The van der Waals surface area contributed by atoms with Crippen LogP contribution in [0.2, 0.25) is 0 Å². The second kappa shape index (κ2) is 5.23. The molecular weight excluding hydrogens is 250 g/mol. The summed E-state index contributed by atoms with van der Waals surface area (Å²) in [5.41, 5.74) is 8.80. The monoisotopic (exact) mass is 271 g/mol. The largest absolute Gasteiger partial charge is 0.399 e. The van der Waals surface area contributed by atoms with Gasteiger partial charge in [-0.15, -0.1) is 5.10 Å². The molecule has 3 rings (SSSR count). The van der Waals surface area contributed by atoms with E-state index in [2.05, 4.69) is 28.5 Å². The first kappa shape index (κ1) is 13.1. The predicted molar refractivity (Wildman–Crippen MR) is 79.1 cm³/mol. The van der Waals surface area contributed by atoms with E-state index in [1.165, 1.54) is 19.3 Å². The van der Waals surface area contributed by atoms with Crippen LogP contribution in [0.15, 0.2) is 18.2 Å². The number of rotatable bonds is 2. The number of aromatic nitrogens is 4. The zero-order valence-electron chi connectivity index (χ0n) is 12.1. The molecule has 1 heterocycles. The molecule has 1 aliphatic carbocycles. The quantitative estimate of drug-likeness (QED) is 0.852. The fourth-order valence-corrected chi connectivity index (χ4v) is 3.08. The molecule has 1 fully saturated rings. The molecule has 0 spiro atoms. The van der Waals surface area contributed by atoms with Crippen molar-refractivity contribution in [3.8, 4) is 11.4 Å². The van der Waals surface area contributed by atoms with Gasteiger partial charge < -0.3 is 5.73 Å². The predicted octanol–water partition coefficient (Wildman–Crippen LogP) is 2.98. The summed E-state index contributed by atoms with van der Waals surface area (Å²) in [4.78, 5) is 0. The zero-order valence-corrected chi connectivity index (χ0v) is 12.1. The molecule has 1 aromatic heterocycles. The molecule has 0 radical (unpaired) electrons. The number of hydrogen-bond donors (Lipinski definition) is 1. The molecule has 5 heteroatoms. The Balaban J connectivity index is 1.98. The molecule has 106 valence electrons. The second-order valence-electron chi connectivity index (χ2n) is 5.85. The maximum absolute atomic E-state index is 5.89. The summed E-state index contributed by atoms with van der Waals surface area (Å²) in [6.45, 7) is 4.31. The smallest absolute Gasteiger partial charge is 0.182 e. The van der Waals surface area contributed by atoms with Crippen LogP contribution in [0.3, 0.4) is 0 Å². The van der Waals surface area contributed by atoms with Crippen LogP contribution in [0.1, 0.15) is 44.2 Å². The number of tetrazole rings is 1. The van der Waals surface area contributed by atoms with Gasteiger partial charge in [-0.1, -0.05) is 19.8 Å². The molecule has 0 amide bonds. The van der Waals surface area contributed by atoms with E-state index in [0.717, 1.165) is 29.1 Å². The Kier molecular flexibility index (Phi) is 3.42. The summed E-state index contributed by atoms with van der Waals surface area (Å²) in [6, 6.07) is 6.39. The Morgan fingerprint density at radius 1 is 1.25 bits per heavy atom. The van der Waals surface area contributed by atoms with Gasteiger partial charge in [0.15, 0.2) is 5.82 Å². The number of nitrogens with zero attached hydrogens (tertiary/aromatic N) is 4. The van der Waals surface area contributed by atoms with Crippen molar-refractivity contribution in [1.82, 2.24) is 20.2 Å². The SMILES string of the molecule is Cc1cc(-c2nnnn2C2CCCCC2C)ccc1N. The van der Waals surface area contributed by atoms with E-state index >= 15 is 0 Å². The van der Waals surface area contributed by atoms with Gasteiger partial charge in [-0.3, -0.25) is 0 Å². The molecule has 20 heavy (non-hydrogen) atoms. The van der Waals surface area contributed by atoms with Gasteiger partial charge in [0.25, 0.3) is 0 Å². The average molecular weight is 271 g/mol. The third-order valence-electron chi connectivity index (χ3n) is 4.40. The van der Waals surface area contributed by atoms with E-state index in [0.29, 0.717) is 12.0 Å². The van der Waals surface area contributed by atoms with Crippen LogP contribution >= 0.6 is 0 Å². The van der Waals surface area contributed by atoms with Crippen LogP contribution in [-0.2, 0) is 0 Å². The molecule has 5 nitrogen and oxygen atoms in total. The summed E-state index contributed by atoms with van der Waals surface area (Å²) in [5, 5.41) is 12.4. The molecular formula is C15H21N5. The fourth-order valence-electron chi connectivity index (χ4n) is 3.08. The summed E-state index contributed by atoms with van der Waals surface area (Å²) in [6.07, 6.45) is 4.99. The lowest BCUT2D eigenvalue weighted by Crippen LogP contribution is -2.23. The van der Waals surface area contributed by atoms with Gasteiger partial charge >= 0.3 is 0 Å². The van der Waals surface area contributed by atoms with E-state index < -0.39 is 0 Å². The average Bonchev–Trinajstić information content (AvgIpc) is 2.91. The maximum Gasteiger partial charge on any atom is 0.182 e. The van der Waals surface area contributed by atoms with Gasteiger partial charge in [0.1, 0.15) is 0 Å². The van der Waals surface area contributed by atoms with Crippen LogP contribution in [0, 0.1) is 12.8 Å². The number of hydrogen-bond acceptors (Lipinski definition) is 4. The van der Waals surface area contributed by atoms with E-state index in [1.807, 2.05) is 23.7 Å². The van der Waals surface area contributed by atoms with Gasteiger partial charge in [-0.05, 0) is 59.9 Å². The topological polar surface area (TPSA) is 69.6 Å². The van der Waals surface area contributed by atoms with Crippen LogP contribution in [0.4, 0.5) is 5.69 Å². The van der Waals surface area contributed by atoms with Crippen LogP contribution in [0.5, 0.6) is 0 Å². The number of benzene rings is 1. The van der Waals surface area contributed by atoms with E-state index in [4.69, 9.17) is 5.73 Å². The lowest BCUT2D eigenvalue weighted by atomic mass is 9.86. The summed E-state index contributed by atoms with van der Waals surface area (Å²) < 4.78 is 2.01. The molecule has 0 saturated heterocycles. The van der Waals surface area contributed by atoms with Crippen LogP contribution in [-0.4, -0.2) is 20.2 Å². The van der Waals surface area contributed by atoms with Crippen molar-refractivity contribution < 1.29 is 0 Å². The highest BCUT2D eigenvalue weighted by Gasteiger charge is 2.26. The van der Waals surface area contributed by atoms with Gasteiger partial charge in [0, 0.05) is 11.3 Å². The highest BCUT2D eigenvalue weighted by molar-refractivity contribution is 5.61. The van der Waals surface area contributed by atoms with Gasteiger partial charge in [0.2, 0.25) is 0 Å². The minimum atomic E-state index is 0.409. The third-order valence-corrected chi connectivity index (χ3v) is 4.40. The standard InChI is InChI=1S/C15H21N5/c1-10-5-3-4-6-14(10)20-15(17-18-19-20)12-7-8-13(16)11(2)9-12/h7-10,14H,3-6,16H2,1-2H3. The Hall–Kier alpha value is -1.91. The normalized spacial score (nSPS) is 22.9.